The molecule has 146 valence electrons. The van der Waals surface area contributed by atoms with Crippen molar-refractivity contribution in [2.45, 2.75) is 37.0 Å². The predicted molar refractivity (Wildman–Crippen MR) is 108 cm³/mol. The quantitative estimate of drug-likeness (QED) is 0.618. The number of carbonyl (C=O) groups is 1. The van der Waals surface area contributed by atoms with E-state index in [0.717, 1.165) is 0 Å². The molecular weight excluding hydrogens is 376 g/mol. The van der Waals surface area contributed by atoms with Gasteiger partial charge in [0.2, 0.25) is 0 Å². The van der Waals surface area contributed by atoms with Gasteiger partial charge in [0.05, 0.1) is 29.1 Å². The molecular formula is C22H22O5S. The van der Waals surface area contributed by atoms with Crippen LogP contribution in [0.4, 0.5) is 0 Å². The van der Waals surface area contributed by atoms with E-state index in [9.17, 15) is 14.1 Å². The molecule has 6 heteroatoms. The Balaban J connectivity index is 2.04. The lowest BCUT2D eigenvalue weighted by Crippen LogP contribution is -2.25. The van der Waals surface area contributed by atoms with Crippen LogP contribution in [-0.4, -0.2) is 20.9 Å². The summed E-state index contributed by atoms with van der Waals surface area (Å²) in [6, 6.07) is 14.1. The summed E-state index contributed by atoms with van der Waals surface area (Å²) in [5, 5.41) is 10.9. The van der Waals surface area contributed by atoms with Crippen molar-refractivity contribution in [2.75, 3.05) is 0 Å². The summed E-state index contributed by atoms with van der Waals surface area (Å²) in [5.74, 6) is -0.786. The first kappa shape index (κ1) is 19.9. The summed E-state index contributed by atoms with van der Waals surface area (Å²) in [5.41, 5.74) is 0.839. The Morgan fingerprint density at radius 3 is 2.43 bits per heavy atom. The van der Waals surface area contributed by atoms with Gasteiger partial charge in [-0.2, -0.15) is 0 Å². The highest BCUT2D eigenvalue weighted by Crippen LogP contribution is 2.36. The molecule has 3 rings (SSSR count). The fraction of sp³-hybridized carbons (Fsp3) is 0.227. The van der Waals surface area contributed by atoms with E-state index >= 15 is 0 Å². The summed E-state index contributed by atoms with van der Waals surface area (Å²) in [4.78, 5) is 13.5. The molecule has 1 unspecified atom stereocenters. The van der Waals surface area contributed by atoms with Gasteiger partial charge in [-0.25, -0.2) is 4.79 Å². The van der Waals surface area contributed by atoms with Crippen molar-refractivity contribution in [1.82, 2.24) is 0 Å². The Kier molecular flexibility index (Phi) is 5.70. The van der Waals surface area contributed by atoms with Crippen LogP contribution in [0.5, 0.6) is 5.75 Å². The predicted octanol–water partition coefficient (Wildman–Crippen LogP) is 4.92. The van der Waals surface area contributed by atoms with Crippen LogP contribution in [0.1, 0.15) is 36.7 Å². The minimum atomic E-state index is -1.37. The molecule has 0 saturated heterocycles. The lowest BCUT2D eigenvalue weighted by atomic mass is 9.99. The zero-order valence-corrected chi connectivity index (χ0v) is 16.8. The summed E-state index contributed by atoms with van der Waals surface area (Å²) in [7, 11) is -1.37. The number of hydrogen-bond donors (Lipinski definition) is 1. The summed E-state index contributed by atoms with van der Waals surface area (Å²) >= 11 is 0. The van der Waals surface area contributed by atoms with Gasteiger partial charge in [-0.05, 0) is 44.5 Å². The van der Waals surface area contributed by atoms with Crippen LogP contribution in [0.25, 0.3) is 11.1 Å². The average Bonchev–Trinajstić information content (AvgIpc) is 3.15. The monoisotopic (exact) mass is 398 g/mol. The Morgan fingerprint density at radius 2 is 1.82 bits per heavy atom. The summed E-state index contributed by atoms with van der Waals surface area (Å²) in [6.07, 6.45) is 2.97. The number of rotatable bonds is 5. The molecule has 0 aliphatic carbocycles. The highest BCUT2D eigenvalue weighted by atomic mass is 32.2. The highest BCUT2D eigenvalue weighted by Gasteiger charge is 2.26. The van der Waals surface area contributed by atoms with E-state index in [2.05, 4.69) is 0 Å². The van der Waals surface area contributed by atoms with Crippen molar-refractivity contribution in [2.24, 2.45) is 0 Å². The maximum atomic E-state index is 12.8. The molecule has 3 aromatic rings. The zero-order chi connectivity index (χ0) is 20.3. The molecule has 0 aliphatic rings. The zero-order valence-electron chi connectivity index (χ0n) is 16.0. The van der Waals surface area contributed by atoms with E-state index in [4.69, 9.17) is 9.15 Å². The fourth-order valence-electron chi connectivity index (χ4n) is 2.76. The van der Waals surface area contributed by atoms with Crippen LogP contribution in [0, 0.1) is 0 Å². The molecule has 0 aliphatic heterocycles. The van der Waals surface area contributed by atoms with Crippen molar-refractivity contribution in [3.63, 3.8) is 0 Å². The minimum absolute atomic E-state index is 0.0258. The van der Waals surface area contributed by atoms with E-state index in [1.54, 1.807) is 51.1 Å². The molecule has 0 radical (unpaired) electrons. The van der Waals surface area contributed by atoms with Crippen molar-refractivity contribution in [1.29, 1.82) is 0 Å². The Morgan fingerprint density at radius 1 is 1.11 bits per heavy atom. The molecule has 0 saturated carbocycles. The number of hydrogen-bond acceptors (Lipinski definition) is 5. The van der Waals surface area contributed by atoms with Gasteiger partial charge >= 0.3 is 5.97 Å². The fourth-order valence-corrected chi connectivity index (χ4v) is 3.91. The number of phenols is 1. The molecule has 0 fully saturated rings. The molecule has 0 bridgehead atoms. The van der Waals surface area contributed by atoms with Crippen LogP contribution in [0.15, 0.2) is 70.4 Å². The molecule has 28 heavy (non-hydrogen) atoms. The van der Waals surface area contributed by atoms with Gasteiger partial charge in [0, 0.05) is 16.0 Å². The molecule has 1 aromatic heterocycles. The minimum Gasteiger partial charge on any atom is -0.506 e. The molecule has 5 nitrogen and oxygen atoms in total. The van der Waals surface area contributed by atoms with Crippen LogP contribution in [-0.2, 0) is 21.3 Å². The average molecular weight is 398 g/mol. The van der Waals surface area contributed by atoms with Crippen molar-refractivity contribution in [3.05, 3.63) is 72.2 Å². The SMILES string of the molecule is CC(C)(C)OC(=O)c1c(CS(=O)c2ccccc2)ccc(-c2ccoc2)c1O. The molecule has 0 amide bonds. The highest BCUT2D eigenvalue weighted by molar-refractivity contribution is 7.84. The molecule has 1 N–H and O–H groups in total. The van der Waals surface area contributed by atoms with E-state index in [1.807, 2.05) is 18.2 Å². The van der Waals surface area contributed by atoms with Gasteiger partial charge in [-0.1, -0.05) is 30.3 Å². The van der Waals surface area contributed by atoms with Crippen molar-refractivity contribution >= 4 is 16.8 Å². The van der Waals surface area contributed by atoms with Crippen LogP contribution in [0.3, 0.4) is 0 Å². The first-order valence-corrected chi connectivity index (χ1v) is 10.1. The number of carbonyl (C=O) groups excluding carboxylic acids is 1. The number of esters is 1. The third-order valence-electron chi connectivity index (χ3n) is 3.99. The Labute approximate surface area is 166 Å². The lowest BCUT2D eigenvalue weighted by Gasteiger charge is -2.21. The number of phenolic OH excluding ortho intramolecular Hbond substituents is 1. The van der Waals surface area contributed by atoms with E-state index in [0.29, 0.717) is 21.6 Å². The van der Waals surface area contributed by atoms with Crippen molar-refractivity contribution in [3.8, 4) is 16.9 Å². The van der Waals surface area contributed by atoms with Crippen LogP contribution < -0.4 is 0 Å². The Bertz CT molecular complexity index is 986. The number of ether oxygens (including phenoxy) is 1. The largest absolute Gasteiger partial charge is 0.506 e. The lowest BCUT2D eigenvalue weighted by molar-refractivity contribution is 0.00660. The van der Waals surface area contributed by atoms with Gasteiger partial charge in [0.1, 0.15) is 16.9 Å². The Hall–Kier alpha value is -2.86. The van der Waals surface area contributed by atoms with Gasteiger partial charge in [0.25, 0.3) is 0 Å². The van der Waals surface area contributed by atoms with E-state index < -0.39 is 22.4 Å². The third-order valence-corrected chi connectivity index (χ3v) is 5.36. The smallest absolute Gasteiger partial charge is 0.342 e. The number of furan rings is 1. The summed E-state index contributed by atoms with van der Waals surface area (Å²) in [6.45, 7) is 5.26. The third kappa shape index (κ3) is 4.51. The van der Waals surface area contributed by atoms with Gasteiger partial charge in [0.15, 0.2) is 0 Å². The maximum absolute atomic E-state index is 12.8. The van der Waals surface area contributed by atoms with Gasteiger partial charge in [-0.15, -0.1) is 0 Å². The molecule has 2 aromatic carbocycles. The van der Waals surface area contributed by atoms with E-state index in [1.165, 1.54) is 12.5 Å². The first-order valence-electron chi connectivity index (χ1n) is 8.80. The normalized spacial score (nSPS) is 12.5. The number of aromatic hydroxyl groups is 1. The van der Waals surface area contributed by atoms with Gasteiger partial charge < -0.3 is 14.3 Å². The number of benzene rings is 2. The standard InChI is InChI=1S/C22H22O5S/c1-22(2,3)27-21(24)19-16(14-28(25)17-7-5-4-6-8-17)9-10-18(20(19)23)15-11-12-26-13-15/h4-13,23H,14H2,1-3H3. The molecule has 1 heterocycles. The van der Waals surface area contributed by atoms with E-state index in [-0.39, 0.29) is 17.1 Å². The van der Waals surface area contributed by atoms with Gasteiger partial charge in [-0.3, -0.25) is 4.21 Å². The topological polar surface area (TPSA) is 76.7 Å². The first-order chi connectivity index (χ1) is 13.3. The maximum Gasteiger partial charge on any atom is 0.342 e. The molecule has 0 spiro atoms. The van der Waals surface area contributed by atoms with Crippen LogP contribution >= 0.6 is 0 Å². The second kappa shape index (κ2) is 8.02. The van der Waals surface area contributed by atoms with Crippen LogP contribution in [0.2, 0.25) is 0 Å². The summed E-state index contributed by atoms with van der Waals surface area (Å²) < 4.78 is 23.3. The van der Waals surface area contributed by atoms with Crippen molar-refractivity contribution < 1.29 is 23.3 Å². The second-order valence-electron chi connectivity index (χ2n) is 7.31. The second-order valence-corrected chi connectivity index (χ2v) is 8.76. The molecule has 1 atom stereocenters.